The minimum Gasteiger partial charge on any atom is -0.447 e. The lowest BCUT2D eigenvalue weighted by molar-refractivity contribution is -0.136. The first kappa shape index (κ1) is 37.4. The summed E-state index contributed by atoms with van der Waals surface area (Å²) in [7, 11) is 0. The highest BCUT2D eigenvalue weighted by atomic mass is 79.9. The number of carbonyl (C=O) groups is 7. The zero-order valence-electron chi connectivity index (χ0n) is 27.5. The molecule has 2 heterocycles. The number of H-pyrrole nitrogens is 1. The topological polar surface area (TPSA) is 240 Å². The minimum atomic E-state index is -1.66. The molecule has 0 saturated carbocycles. The monoisotopic (exact) mass is 755 g/mol. The molecule has 0 spiro atoms. The van der Waals surface area contributed by atoms with Gasteiger partial charge in [0.2, 0.25) is 23.6 Å². The maximum absolute atomic E-state index is 13.8. The van der Waals surface area contributed by atoms with Crippen LogP contribution in [0.1, 0.15) is 43.1 Å². The molecule has 1 aliphatic heterocycles. The summed E-state index contributed by atoms with van der Waals surface area (Å²) in [5.74, 6) is -5.41. The normalized spacial score (nSPS) is 20.7. The predicted molar refractivity (Wildman–Crippen MR) is 182 cm³/mol. The van der Waals surface area contributed by atoms with Crippen molar-refractivity contribution in [2.75, 3.05) is 13.1 Å². The van der Waals surface area contributed by atoms with E-state index in [0.717, 1.165) is 15.4 Å². The van der Waals surface area contributed by atoms with Gasteiger partial charge in [0.25, 0.3) is 5.91 Å². The molecule has 2 aromatic carbocycles. The molecule has 3 aromatic rings. The highest BCUT2D eigenvalue weighted by molar-refractivity contribution is 9.10. The number of nitrogens with two attached hydrogens (primary N) is 1. The molecule has 0 unspecified atom stereocenters. The Morgan fingerprint density at radius 1 is 0.900 bits per heavy atom. The van der Waals surface area contributed by atoms with Crippen LogP contribution in [0.2, 0.25) is 0 Å². The van der Waals surface area contributed by atoms with Gasteiger partial charge >= 0.3 is 12.1 Å². The van der Waals surface area contributed by atoms with Crippen LogP contribution in [0.3, 0.4) is 0 Å². The van der Waals surface area contributed by atoms with Crippen molar-refractivity contribution in [3.8, 4) is 0 Å². The number of fused-ring (bicyclic) bond motifs is 1. The number of halogens is 1. The molecular formula is C33H38BrN7O9. The van der Waals surface area contributed by atoms with Gasteiger partial charge in [-0.2, -0.15) is 0 Å². The second kappa shape index (κ2) is 16.3. The van der Waals surface area contributed by atoms with Crippen molar-refractivity contribution in [2.24, 2.45) is 5.73 Å². The number of aromatic amines is 1. The first-order valence-electron chi connectivity index (χ1n) is 15.5. The Kier molecular flexibility index (Phi) is 12.2. The number of hydrogen-bond donors (Lipinski definition) is 7. The lowest BCUT2D eigenvalue weighted by atomic mass is 10.0. The fourth-order valence-corrected chi connectivity index (χ4v) is 5.32. The third kappa shape index (κ3) is 10.5. The van der Waals surface area contributed by atoms with Crippen molar-refractivity contribution in [3.63, 3.8) is 0 Å². The lowest BCUT2D eigenvalue weighted by Crippen LogP contribution is -2.61. The fourth-order valence-electron chi connectivity index (χ4n) is 4.96. The number of hydrogen-bond acceptors (Lipinski definition) is 9. The van der Waals surface area contributed by atoms with Crippen molar-refractivity contribution in [1.29, 1.82) is 0 Å². The van der Waals surface area contributed by atoms with E-state index < -0.39 is 90.9 Å². The molecule has 6 amide bonds. The number of carbonyl (C=O) groups excluding carboxylic acids is 7. The van der Waals surface area contributed by atoms with Gasteiger partial charge in [-0.15, -0.1) is 0 Å². The average Bonchev–Trinajstić information content (AvgIpc) is 3.44. The molecule has 0 bridgehead atoms. The molecule has 50 heavy (non-hydrogen) atoms. The van der Waals surface area contributed by atoms with Crippen molar-refractivity contribution in [3.05, 3.63) is 70.3 Å². The van der Waals surface area contributed by atoms with E-state index in [0.29, 0.717) is 5.56 Å². The Morgan fingerprint density at radius 3 is 2.24 bits per heavy atom. The SMILES string of the molecule is CC(C)(C)OC(=O)N[C@@H]1CNC(=O)[C@H](Cc2c[nH]c3ccc(Br)cc23)NC(=O)[C@H](OC(=O)c2ccccc2)CNC(=O)[C@H](CC(N)=O)NC1=O. The van der Waals surface area contributed by atoms with Crippen LogP contribution in [0.5, 0.6) is 0 Å². The molecule has 1 aromatic heterocycles. The van der Waals surface area contributed by atoms with Crippen molar-refractivity contribution < 1.29 is 43.0 Å². The largest absolute Gasteiger partial charge is 0.447 e. The number of esters is 1. The Morgan fingerprint density at radius 2 is 1.56 bits per heavy atom. The van der Waals surface area contributed by atoms with Gasteiger partial charge in [-0.05, 0) is 56.7 Å². The van der Waals surface area contributed by atoms with Crippen LogP contribution >= 0.6 is 15.9 Å². The number of alkyl carbamates (subject to hydrolysis) is 1. The number of ether oxygens (including phenoxy) is 2. The van der Waals surface area contributed by atoms with Gasteiger partial charge < -0.3 is 46.8 Å². The van der Waals surface area contributed by atoms with Gasteiger partial charge in [-0.3, -0.25) is 24.0 Å². The maximum Gasteiger partial charge on any atom is 0.408 e. The quantitative estimate of drug-likeness (QED) is 0.168. The first-order chi connectivity index (χ1) is 23.6. The molecule has 17 heteroatoms. The summed E-state index contributed by atoms with van der Waals surface area (Å²) >= 11 is 3.44. The molecule has 4 rings (SSSR count). The summed E-state index contributed by atoms with van der Waals surface area (Å²) in [6.45, 7) is 3.69. The van der Waals surface area contributed by atoms with Gasteiger partial charge in [0, 0.05) is 34.5 Å². The van der Waals surface area contributed by atoms with E-state index in [-0.39, 0.29) is 12.0 Å². The number of benzene rings is 2. The summed E-state index contributed by atoms with van der Waals surface area (Å²) < 4.78 is 11.5. The molecule has 266 valence electrons. The second-order valence-corrected chi connectivity index (χ2v) is 13.4. The van der Waals surface area contributed by atoms with E-state index in [1.165, 1.54) is 12.1 Å². The summed E-state index contributed by atoms with van der Waals surface area (Å²) in [6.07, 6.45) is -1.70. The van der Waals surface area contributed by atoms with Gasteiger partial charge in [0.1, 0.15) is 23.7 Å². The van der Waals surface area contributed by atoms with Crippen molar-refractivity contribution in [1.82, 2.24) is 31.6 Å². The number of aromatic nitrogens is 1. The van der Waals surface area contributed by atoms with E-state index in [1.54, 1.807) is 45.2 Å². The number of amides is 6. The van der Waals surface area contributed by atoms with Crippen LogP contribution in [-0.4, -0.2) is 89.5 Å². The van der Waals surface area contributed by atoms with Crippen molar-refractivity contribution in [2.45, 2.75) is 63.4 Å². The van der Waals surface area contributed by atoms with Crippen LogP contribution in [-0.2, 0) is 39.9 Å². The molecular weight excluding hydrogens is 718 g/mol. The smallest absolute Gasteiger partial charge is 0.408 e. The van der Waals surface area contributed by atoms with E-state index >= 15 is 0 Å². The summed E-state index contributed by atoms with van der Waals surface area (Å²) in [5.41, 5.74) is 5.91. The molecule has 8 N–H and O–H groups in total. The molecule has 1 fully saturated rings. The van der Waals surface area contributed by atoms with E-state index in [2.05, 4.69) is 47.5 Å². The van der Waals surface area contributed by atoms with Gasteiger partial charge in [-0.25, -0.2) is 9.59 Å². The maximum atomic E-state index is 13.8. The summed E-state index contributed by atoms with van der Waals surface area (Å²) in [4.78, 5) is 94.9. The third-order valence-corrected chi connectivity index (χ3v) is 7.82. The Bertz CT molecular complexity index is 1770. The van der Waals surface area contributed by atoms with Crippen LogP contribution in [0.15, 0.2) is 59.2 Å². The standard InChI is InChI=1S/C33H38BrN7O9/c1-33(2,3)50-32(48)41-24-15-37-27(43)22(11-18-14-36-21-10-9-19(34)12-20(18)21)40-30(46)25(49-31(47)17-7-5-4-6-8-17)16-38-28(44)23(13-26(35)42)39-29(24)45/h4-10,12,14,22-25,36H,11,13,15-16H2,1-3H3,(H2,35,42)(H,37,43)(H,38,44)(H,39,45)(H,40,46)(H,41,48)/t22-,23-,24+,25+/m0/s1. The molecule has 0 aliphatic carbocycles. The zero-order chi connectivity index (χ0) is 36.6. The Hall–Kier alpha value is -5.45. The fraction of sp³-hybridized carbons (Fsp3) is 0.364. The van der Waals surface area contributed by atoms with Crippen molar-refractivity contribution >= 4 is 68.4 Å². The van der Waals surface area contributed by atoms with Crippen LogP contribution in [0.4, 0.5) is 4.79 Å². The molecule has 1 aliphatic rings. The Labute approximate surface area is 295 Å². The third-order valence-electron chi connectivity index (χ3n) is 7.33. The highest BCUT2D eigenvalue weighted by Gasteiger charge is 2.34. The van der Waals surface area contributed by atoms with Gasteiger partial charge in [0.05, 0.1) is 18.5 Å². The highest BCUT2D eigenvalue weighted by Crippen LogP contribution is 2.24. The molecule has 4 atom stereocenters. The lowest BCUT2D eigenvalue weighted by Gasteiger charge is -2.27. The van der Waals surface area contributed by atoms with E-state index in [1.807, 2.05) is 18.2 Å². The average molecular weight is 757 g/mol. The zero-order valence-corrected chi connectivity index (χ0v) is 29.0. The van der Waals surface area contributed by atoms with E-state index in [9.17, 15) is 33.6 Å². The van der Waals surface area contributed by atoms with E-state index in [4.69, 9.17) is 15.2 Å². The Balaban J connectivity index is 1.69. The van der Waals surface area contributed by atoms with Crippen LogP contribution in [0, 0.1) is 0 Å². The molecule has 16 nitrogen and oxygen atoms in total. The predicted octanol–water partition coefficient (Wildman–Crippen LogP) is 0.683. The number of primary amides is 1. The summed E-state index contributed by atoms with van der Waals surface area (Å²) in [5, 5.41) is 13.1. The minimum absolute atomic E-state index is 0.0587. The molecule has 0 radical (unpaired) electrons. The first-order valence-corrected chi connectivity index (χ1v) is 16.3. The number of nitrogens with one attached hydrogen (secondary N) is 6. The summed E-state index contributed by atoms with van der Waals surface area (Å²) in [6, 6.07) is 8.91. The van der Waals surface area contributed by atoms with Crippen LogP contribution in [0.25, 0.3) is 10.9 Å². The van der Waals surface area contributed by atoms with Crippen LogP contribution < -0.4 is 32.3 Å². The molecule has 1 saturated heterocycles. The second-order valence-electron chi connectivity index (χ2n) is 12.4. The number of rotatable bonds is 7. The van der Waals surface area contributed by atoms with Gasteiger partial charge in [0.15, 0.2) is 6.10 Å². The van der Waals surface area contributed by atoms with Gasteiger partial charge in [-0.1, -0.05) is 34.1 Å².